The van der Waals surface area contributed by atoms with Gasteiger partial charge in [0.15, 0.2) is 0 Å². The van der Waals surface area contributed by atoms with Gasteiger partial charge in [-0.2, -0.15) is 0 Å². The maximum atomic E-state index is 12.1. The quantitative estimate of drug-likeness (QED) is 0.841. The lowest BCUT2D eigenvalue weighted by Gasteiger charge is -2.47. The van der Waals surface area contributed by atoms with E-state index >= 15 is 0 Å². The van der Waals surface area contributed by atoms with E-state index in [-0.39, 0.29) is 11.4 Å². The maximum Gasteiger partial charge on any atom is 0.251 e. The fourth-order valence-corrected chi connectivity index (χ4v) is 2.64. The van der Waals surface area contributed by atoms with Crippen LogP contribution in [0.25, 0.3) is 0 Å². The van der Waals surface area contributed by atoms with Crippen LogP contribution in [0.5, 0.6) is 0 Å². The van der Waals surface area contributed by atoms with Crippen LogP contribution in [0, 0.1) is 0 Å². The van der Waals surface area contributed by atoms with E-state index < -0.39 is 0 Å². The summed E-state index contributed by atoms with van der Waals surface area (Å²) < 4.78 is 0. The van der Waals surface area contributed by atoms with Crippen LogP contribution in [-0.4, -0.2) is 37.0 Å². The van der Waals surface area contributed by atoms with Gasteiger partial charge in [0.25, 0.3) is 5.91 Å². The van der Waals surface area contributed by atoms with Gasteiger partial charge in [-0.15, -0.1) is 11.6 Å². The molecule has 0 bridgehead atoms. The molecule has 19 heavy (non-hydrogen) atoms. The average Bonchev–Trinajstić information content (AvgIpc) is 2.37. The predicted octanol–water partition coefficient (Wildman–Crippen LogP) is 2.64. The minimum Gasteiger partial charge on any atom is -0.350 e. The first-order chi connectivity index (χ1) is 9.07. The Morgan fingerprint density at radius 3 is 2.37 bits per heavy atom. The first-order valence-electron chi connectivity index (χ1n) is 6.68. The lowest BCUT2D eigenvalue weighted by molar-refractivity contribution is 0.0557. The number of rotatable bonds is 5. The minimum atomic E-state index is -0.00533. The van der Waals surface area contributed by atoms with Crippen LogP contribution >= 0.6 is 11.6 Å². The van der Waals surface area contributed by atoms with Crippen LogP contribution in [-0.2, 0) is 5.88 Å². The molecular formula is C15H21ClN2O. The number of hydrogen-bond donors (Lipinski definition) is 1. The number of amides is 1. The largest absolute Gasteiger partial charge is 0.350 e. The molecule has 0 aliphatic heterocycles. The van der Waals surface area contributed by atoms with Gasteiger partial charge in [-0.1, -0.05) is 12.1 Å². The van der Waals surface area contributed by atoms with Crippen LogP contribution in [0.2, 0.25) is 0 Å². The monoisotopic (exact) mass is 280 g/mol. The highest BCUT2D eigenvalue weighted by Crippen LogP contribution is 2.35. The molecule has 2 rings (SSSR count). The van der Waals surface area contributed by atoms with Crippen molar-refractivity contribution in [2.75, 3.05) is 20.6 Å². The number of benzene rings is 1. The predicted molar refractivity (Wildman–Crippen MR) is 78.6 cm³/mol. The molecule has 104 valence electrons. The first kappa shape index (κ1) is 14.4. The lowest BCUT2D eigenvalue weighted by Crippen LogP contribution is -2.57. The van der Waals surface area contributed by atoms with Gasteiger partial charge in [0.1, 0.15) is 0 Å². The molecule has 0 saturated heterocycles. The molecule has 1 saturated carbocycles. The van der Waals surface area contributed by atoms with E-state index in [4.69, 9.17) is 11.6 Å². The number of nitrogens with one attached hydrogen (secondary N) is 1. The number of alkyl halides is 1. The average molecular weight is 281 g/mol. The molecule has 0 heterocycles. The Hall–Kier alpha value is -1.06. The summed E-state index contributed by atoms with van der Waals surface area (Å²) >= 11 is 5.74. The van der Waals surface area contributed by atoms with Crippen LogP contribution in [0.4, 0.5) is 0 Å². The third-order valence-electron chi connectivity index (χ3n) is 4.18. The molecular weight excluding hydrogens is 260 g/mol. The van der Waals surface area contributed by atoms with Crippen molar-refractivity contribution >= 4 is 17.5 Å². The summed E-state index contributed by atoms with van der Waals surface area (Å²) in [5.41, 5.74) is 1.88. The molecule has 1 aromatic carbocycles. The van der Waals surface area contributed by atoms with Gasteiger partial charge < -0.3 is 10.2 Å². The fraction of sp³-hybridized carbons (Fsp3) is 0.533. The zero-order chi connectivity index (χ0) is 13.9. The summed E-state index contributed by atoms with van der Waals surface area (Å²) in [6.07, 6.45) is 3.56. The lowest BCUT2D eigenvalue weighted by atomic mass is 9.75. The van der Waals surface area contributed by atoms with Crippen molar-refractivity contribution in [3.63, 3.8) is 0 Å². The highest BCUT2D eigenvalue weighted by atomic mass is 35.5. The Kier molecular flexibility index (Phi) is 4.48. The summed E-state index contributed by atoms with van der Waals surface area (Å²) in [6.45, 7) is 0.718. The summed E-state index contributed by atoms with van der Waals surface area (Å²) in [7, 11) is 4.17. The molecule has 1 N–H and O–H groups in total. The van der Waals surface area contributed by atoms with Gasteiger partial charge in [-0.05, 0) is 51.1 Å². The minimum absolute atomic E-state index is 0.00533. The summed E-state index contributed by atoms with van der Waals surface area (Å²) in [5, 5.41) is 3.05. The van der Waals surface area contributed by atoms with Gasteiger partial charge in [-0.3, -0.25) is 4.79 Å². The van der Waals surface area contributed by atoms with E-state index in [2.05, 4.69) is 24.3 Å². The van der Waals surface area contributed by atoms with Crippen molar-refractivity contribution < 1.29 is 4.79 Å². The van der Waals surface area contributed by atoms with E-state index in [0.717, 1.165) is 24.9 Å². The topological polar surface area (TPSA) is 32.3 Å². The molecule has 0 atom stereocenters. The van der Waals surface area contributed by atoms with Crippen molar-refractivity contribution in [3.8, 4) is 0 Å². The number of carbonyl (C=O) groups excluding carboxylic acids is 1. The number of nitrogens with zero attached hydrogens (tertiary/aromatic N) is 1. The van der Waals surface area contributed by atoms with Crippen LogP contribution in [0.15, 0.2) is 24.3 Å². The Balaban J connectivity index is 1.93. The molecule has 1 aliphatic carbocycles. The molecule has 1 amide bonds. The normalized spacial score (nSPS) is 17.1. The molecule has 0 aromatic heterocycles. The van der Waals surface area contributed by atoms with Gasteiger partial charge >= 0.3 is 0 Å². The SMILES string of the molecule is CN(C)C1(CNC(=O)c2ccc(CCl)cc2)CCC1. The van der Waals surface area contributed by atoms with Gasteiger partial charge in [0.05, 0.1) is 0 Å². The van der Waals surface area contributed by atoms with E-state index in [9.17, 15) is 4.79 Å². The standard InChI is InChI=1S/C15H21ClN2O/c1-18(2)15(8-3-9-15)11-17-14(19)13-6-4-12(10-16)5-7-13/h4-7H,3,8-11H2,1-2H3,(H,17,19). The zero-order valence-electron chi connectivity index (χ0n) is 11.6. The van der Waals surface area contributed by atoms with Gasteiger partial charge in [-0.25, -0.2) is 0 Å². The van der Waals surface area contributed by atoms with Gasteiger partial charge in [0.2, 0.25) is 0 Å². The Labute approximate surface area is 119 Å². The second-order valence-electron chi connectivity index (χ2n) is 5.49. The number of hydrogen-bond acceptors (Lipinski definition) is 2. The van der Waals surface area contributed by atoms with Crippen molar-refractivity contribution in [1.82, 2.24) is 10.2 Å². The number of carbonyl (C=O) groups is 1. The Morgan fingerprint density at radius 1 is 1.32 bits per heavy atom. The van der Waals surface area contributed by atoms with Crippen LogP contribution < -0.4 is 5.32 Å². The molecule has 1 aliphatic rings. The van der Waals surface area contributed by atoms with E-state index in [1.165, 1.54) is 6.42 Å². The van der Waals surface area contributed by atoms with Crippen LogP contribution in [0.3, 0.4) is 0 Å². The van der Waals surface area contributed by atoms with E-state index in [0.29, 0.717) is 11.4 Å². The van der Waals surface area contributed by atoms with E-state index in [1.54, 1.807) is 0 Å². The molecule has 4 heteroatoms. The maximum absolute atomic E-state index is 12.1. The molecule has 1 aromatic rings. The zero-order valence-corrected chi connectivity index (χ0v) is 12.3. The molecule has 0 unspecified atom stereocenters. The second-order valence-corrected chi connectivity index (χ2v) is 5.75. The van der Waals surface area contributed by atoms with Crippen molar-refractivity contribution in [2.45, 2.75) is 30.7 Å². The summed E-state index contributed by atoms with van der Waals surface area (Å²) in [6, 6.07) is 7.45. The molecule has 0 spiro atoms. The molecule has 0 radical (unpaired) electrons. The Morgan fingerprint density at radius 2 is 1.95 bits per heavy atom. The van der Waals surface area contributed by atoms with Crippen molar-refractivity contribution in [1.29, 1.82) is 0 Å². The molecule has 3 nitrogen and oxygen atoms in total. The van der Waals surface area contributed by atoms with Crippen LogP contribution in [0.1, 0.15) is 35.2 Å². The summed E-state index contributed by atoms with van der Waals surface area (Å²) in [4.78, 5) is 14.3. The van der Waals surface area contributed by atoms with E-state index in [1.807, 2.05) is 24.3 Å². The van der Waals surface area contributed by atoms with Crippen molar-refractivity contribution in [3.05, 3.63) is 35.4 Å². The number of likely N-dealkylation sites (N-methyl/N-ethyl adjacent to an activating group) is 1. The third kappa shape index (κ3) is 3.10. The Bertz CT molecular complexity index is 438. The van der Waals surface area contributed by atoms with Gasteiger partial charge in [0, 0.05) is 23.5 Å². The van der Waals surface area contributed by atoms with Crippen molar-refractivity contribution in [2.24, 2.45) is 0 Å². The first-order valence-corrected chi connectivity index (χ1v) is 7.21. The molecule has 1 fully saturated rings. The third-order valence-corrected chi connectivity index (χ3v) is 4.49. The second kappa shape index (κ2) is 5.93. The number of halogens is 1. The highest BCUT2D eigenvalue weighted by Gasteiger charge is 2.39. The highest BCUT2D eigenvalue weighted by molar-refractivity contribution is 6.17. The fourth-order valence-electron chi connectivity index (χ4n) is 2.46. The smallest absolute Gasteiger partial charge is 0.251 e. The summed E-state index contributed by atoms with van der Waals surface area (Å²) in [5.74, 6) is 0.472.